The van der Waals surface area contributed by atoms with E-state index in [0.717, 1.165) is 11.8 Å². The maximum absolute atomic E-state index is 10.8. The van der Waals surface area contributed by atoms with Gasteiger partial charge in [-0.05, 0) is 25.6 Å². The van der Waals surface area contributed by atoms with Crippen LogP contribution in [0.2, 0.25) is 0 Å². The van der Waals surface area contributed by atoms with Gasteiger partial charge in [-0.1, -0.05) is 0 Å². The van der Waals surface area contributed by atoms with Gasteiger partial charge in [0.05, 0.1) is 13.2 Å². The van der Waals surface area contributed by atoms with Gasteiger partial charge in [-0.15, -0.1) is 0 Å². The Morgan fingerprint density at radius 2 is 1.86 bits per heavy atom. The molecule has 1 N–H and O–H groups in total. The zero-order chi connectivity index (χ0) is 10.8. The molecular formula is C8H15NO4S. The number of amides is 1. The number of alkyl carbamates (subject to hydrolysis) is 1. The highest BCUT2D eigenvalue weighted by Gasteiger charge is 2.03. The lowest BCUT2D eigenvalue weighted by atomic mass is 10.7. The van der Waals surface area contributed by atoms with E-state index in [-0.39, 0.29) is 5.30 Å². The van der Waals surface area contributed by atoms with Crippen molar-refractivity contribution in [3.63, 3.8) is 0 Å². The molecule has 0 atom stereocenters. The van der Waals surface area contributed by atoms with Crippen molar-refractivity contribution in [3.05, 3.63) is 0 Å². The summed E-state index contributed by atoms with van der Waals surface area (Å²) >= 11 is 1.03. The topological polar surface area (TPSA) is 64.6 Å². The number of nitrogens with one attached hydrogen (secondary N) is 1. The summed E-state index contributed by atoms with van der Waals surface area (Å²) in [6, 6.07) is 0. The molecule has 82 valence electrons. The Morgan fingerprint density at radius 3 is 2.43 bits per heavy atom. The van der Waals surface area contributed by atoms with Gasteiger partial charge in [-0.3, -0.25) is 0 Å². The summed E-state index contributed by atoms with van der Waals surface area (Å²) in [5.74, 6) is 0.484. The average molecular weight is 221 g/mol. The fraction of sp³-hybridized carbons (Fsp3) is 0.750. The number of rotatable bonds is 5. The van der Waals surface area contributed by atoms with Crippen LogP contribution in [0.15, 0.2) is 0 Å². The molecule has 0 fully saturated rings. The molecule has 0 unspecified atom stereocenters. The number of carbonyl (C=O) groups excluding carboxylic acids is 2. The number of thioether (sulfide) groups is 1. The number of ether oxygens (including phenoxy) is 2. The number of hydrogen-bond acceptors (Lipinski definition) is 5. The predicted octanol–water partition coefficient (Wildman–Crippen LogP) is 1.62. The molecule has 0 spiro atoms. The van der Waals surface area contributed by atoms with Crippen LogP contribution in [0, 0.1) is 0 Å². The second-order valence-electron chi connectivity index (χ2n) is 2.18. The average Bonchev–Trinajstić information content (AvgIpc) is 2.13. The molecule has 0 aromatic heterocycles. The summed E-state index contributed by atoms with van der Waals surface area (Å²) in [5, 5.41) is 2.17. The Hall–Kier alpha value is -0.910. The molecular weight excluding hydrogens is 206 g/mol. The summed E-state index contributed by atoms with van der Waals surface area (Å²) in [7, 11) is 0. The molecule has 0 saturated heterocycles. The Kier molecular flexibility index (Phi) is 8.11. The Labute approximate surface area is 87.5 Å². The predicted molar refractivity (Wildman–Crippen MR) is 54.5 cm³/mol. The third-order valence-corrected chi connectivity index (χ3v) is 1.89. The first kappa shape index (κ1) is 13.1. The maximum Gasteiger partial charge on any atom is 0.407 e. The van der Waals surface area contributed by atoms with E-state index in [0.29, 0.717) is 25.5 Å². The molecule has 0 rings (SSSR count). The largest absolute Gasteiger partial charge is 0.458 e. The Bertz CT molecular complexity index is 166. The minimum Gasteiger partial charge on any atom is -0.458 e. The molecule has 0 radical (unpaired) electrons. The van der Waals surface area contributed by atoms with E-state index in [1.54, 1.807) is 13.8 Å². The maximum atomic E-state index is 10.8. The molecule has 0 aromatic rings. The zero-order valence-electron chi connectivity index (χ0n) is 8.37. The minimum atomic E-state index is -0.461. The summed E-state index contributed by atoms with van der Waals surface area (Å²) < 4.78 is 9.30. The van der Waals surface area contributed by atoms with Crippen molar-refractivity contribution in [3.8, 4) is 0 Å². The van der Waals surface area contributed by atoms with Gasteiger partial charge in [-0.2, -0.15) is 0 Å². The molecule has 0 saturated carbocycles. The molecule has 0 aromatic carbocycles. The van der Waals surface area contributed by atoms with Gasteiger partial charge in [0.25, 0.3) is 0 Å². The van der Waals surface area contributed by atoms with Gasteiger partial charge in [0, 0.05) is 12.3 Å². The fourth-order valence-electron chi connectivity index (χ4n) is 0.629. The summed E-state index contributed by atoms with van der Waals surface area (Å²) in [4.78, 5) is 21.6. The fourth-order valence-corrected chi connectivity index (χ4v) is 1.20. The monoisotopic (exact) mass is 221 g/mol. The first-order valence-corrected chi connectivity index (χ1v) is 5.39. The molecule has 0 aliphatic carbocycles. The Balaban J connectivity index is 3.28. The molecule has 0 bridgehead atoms. The third kappa shape index (κ3) is 7.72. The first-order chi connectivity index (χ1) is 6.70. The van der Waals surface area contributed by atoms with Crippen LogP contribution >= 0.6 is 11.8 Å². The van der Waals surface area contributed by atoms with E-state index in [2.05, 4.69) is 14.8 Å². The smallest absolute Gasteiger partial charge is 0.407 e. The summed E-state index contributed by atoms with van der Waals surface area (Å²) in [6.45, 7) is 4.58. The van der Waals surface area contributed by atoms with E-state index < -0.39 is 6.09 Å². The second kappa shape index (κ2) is 8.68. The van der Waals surface area contributed by atoms with Crippen LogP contribution in [0.1, 0.15) is 13.8 Å². The van der Waals surface area contributed by atoms with Gasteiger partial charge in [0.15, 0.2) is 0 Å². The molecule has 0 aliphatic heterocycles. The first-order valence-electron chi connectivity index (χ1n) is 4.40. The molecule has 14 heavy (non-hydrogen) atoms. The Morgan fingerprint density at radius 1 is 1.21 bits per heavy atom. The van der Waals surface area contributed by atoms with Crippen molar-refractivity contribution in [1.82, 2.24) is 5.32 Å². The van der Waals surface area contributed by atoms with E-state index in [1.807, 2.05) is 0 Å². The van der Waals surface area contributed by atoms with Crippen molar-refractivity contribution < 1.29 is 19.1 Å². The lowest BCUT2D eigenvalue weighted by molar-refractivity contribution is 0.153. The van der Waals surface area contributed by atoms with Crippen LogP contribution in [-0.2, 0) is 9.47 Å². The molecule has 6 heteroatoms. The van der Waals surface area contributed by atoms with Crippen molar-refractivity contribution in [2.75, 3.05) is 25.5 Å². The van der Waals surface area contributed by atoms with E-state index in [9.17, 15) is 9.59 Å². The van der Waals surface area contributed by atoms with Crippen molar-refractivity contribution in [2.45, 2.75) is 13.8 Å². The van der Waals surface area contributed by atoms with Crippen LogP contribution in [0.5, 0.6) is 0 Å². The SMILES string of the molecule is CCOC(=O)NCCSC(=O)OCC. The molecule has 1 amide bonds. The van der Waals surface area contributed by atoms with Crippen LogP contribution < -0.4 is 5.32 Å². The summed E-state index contributed by atoms with van der Waals surface area (Å²) in [5.41, 5.74) is 0. The van der Waals surface area contributed by atoms with Gasteiger partial charge < -0.3 is 14.8 Å². The van der Waals surface area contributed by atoms with Crippen molar-refractivity contribution >= 4 is 23.2 Å². The van der Waals surface area contributed by atoms with Crippen LogP contribution in [0.25, 0.3) is 0 Å². The van der Waals surface area contributed by atoms with E-state index in [4.69, 9.17) is 0 Å². The zero-order valence-corrected chi connectivity index (χ0v) is 9.19. The van der Waals surface area contributed by atoms with Crippen LogP contribution in [0.4, 0.5) is 9.59 Å². The minimum absolute atomic E-state index is 0.321. The number of carbonyl (C=O) groups is 2. The summed E-state index contributed by atoms with van der Waals surface area (Å²) in [6.07, 6.45) is -0.461. The lowest BCUT2D eigenvalue weighted by Crippen LogP contribution is -2.26. The van der Waals surface area contributed by atoms with Crippen molar-refractivity contribution in [2.24, 2.45) is 0 Å². The van der Waals surface area contributed by atoms with Gasteiger partial charge >= 0.3 is 11.4 Å². The third-order valence-electron chi connectivity index (χ3n) is 1.13. The van der Waals surface area contributed by atoms with Crippen molar-refractivity contribution in [1.29, 1.82) is 0 Å². The van der Waals surface area contributed by atoms with E-state index in [1.165, 1.54) is 0 Å². The number of hydrogen-bond donors (Lipinski definition) is 1. The van der Waals surface area contributed by atoms with Gasteiger partial charge in [-0.25, -0.2) is 9.59 Å². The van der Waals surface area contributed by atoms with Crippen LogP contribution in [-0.4, -0.2) is 36.9 Å². The van der Waals surface area contributed by atoms with Gasteiger partial charge in [0.1, 0.15) is 0 Å². The molecule has 5 nitrogen and oxygen atoms in total. The molecule has 0 heterocycles. The second-order valence-corrected chi connectivity index (χ2v) is 3.21. The lowest BCUT2D eigenvalue weighted by Gasteiger charge is -2.04. The standard InChI is InChI=1S/C8H15NO4S/c1-3-12-7(10)9-5-6-14-8(11)13-4-2/h3-6H2,1-2H3,(H,9,10). The highest BCUT2D eigenvalue weighted by atomic mass is 32.2. The van der Waals surface area contributed by atoms with E-state index >= 15 is 0 Å². The highest BCUT2D eigenvalue weighted by Crippen LogP contribution is 2.03. The highest BCUT2D eigenvalue weighted by molar-refractivity contribution is 8.13. The normalized spacial score (nSPS) is 9.29. The van der Waals surface area contributed by atoms with Crippen LogP contribution in [0.3, 0.4) is 0 Å². The molecule has 0 aliphatic rings. The van der Waals surface area contributed by atoms with Gasteiger partial charge in [0.2, 0.25) is 0 Å². The quantitative estimate of drug-likeness (QED) is 0.564.